The Hall–Kier alpha value is -3.56. The third kappa shape index (κ3) is 9.60. The lowest BCUT2D eigenvalue weighted by atomic mass is 10.1. The quantitative estimate of drug-likeness (QED) is 0.120. The summed E-state index contributed by atoms with van der Waals surface area (Å²) in [5, 5.41) is 12.5. The molecule has 0 aliphatic carbocycles. The first-order valence-corrected chi connectivity index (χ1v) is 13.3. The zero-order valence-electron chi connectivity index (χ0n) is 21.3. The lowest BCUT2D eigenvalue weighted by Gasteiger charge is -2.18. The number of azo groups is 1. The van der Waals surface area contributed by atoms with Crippen LogP contribution in [0.3, 0.4) is 0 Å². The zero-order chi connectivity index (χ0) is 27.3. The van der Waals surface area contributed by atoms with Gasteiger partial charge in [-0.2, -0.15) is 15.1 Å². The first-order chi connectivity index (χ1) is 19.1. The Balaban J connectivity index is 1.37. The molecule has 4 rings (SSSR count). The Morgan fingerprint density at radius 3 is 1.95 bits per heavy atom. The lowest BCUT2D eigenvalue weighted by Crippen LogP contribution is -2.20. The maximum absolute atomic E-state index is 6.34. The van der Waals surface area contributed by atoms with E-state index in [1.54, 1.807) is 24.3 Å². The van der Waals surface area contributed by atoms with Gasteiger partial charge in [0.1, 0.15) is 0 Å². The van der Waals surface area contributed by atoms with E-state index >= 15 is 0 Å². The summed E-state index contributed by atoms with van der Waals surface area (Å²) < 4.78 is 12.1. The first-order valence-electron chi connectivity index (χ1n) is 12.5. The van der Waals surface area contributed by atoms with E-state index in [9.17, 15) is 0 Å². The largest absolute Gasteiger partial charge is 0.376 e. The van der Waals surface area contributed by atoms with Crippen LogP contribution in [0.25, 0.3) is 0 Å². The molecule has 1 aromatic heterocycles. The predicted octanol–water partition coefficient (Wildman–Crippen LogP) is 7.63. The molecule has 0 amide bonds. The molecule has 0 spiro atoms. The number of aromatic nitrogens is 2. The molecule has 3 aromatic carbocycles. The van der Waals surface area contributed by atoms with E-state index in [-0.39, 0.29) is 17.0 Å². The number of hydrogen-bond donors (Lipinski definition) is 2. The van der Waals surface area contributed by atoms with Gasteiger partial charge in [-0.25, -0.2) is 0 Å². The van der Waals surface area contributed by atoms with Crippen molar-refractivity contribution < 1.29 is 9.47 Å². The molecule has 4 aromatic rings. The van der Waals surface area contributed by atoms with Gasteiger partial charge in [-0.1, -0.05) is 83.9 Å². The summed E-state index contributed by atoms with van der Waals surface area (Å²) in [7, 11) is 0. The molecular formula is C29H30Cl2N6O2. The number of rotatable bonds is 14. The van der Waals surface area contributed by atoms with Crippen molar-refractivity contribution in [2.24, 2.45) is 16.1 Å². The van der Waals surface area contributed by atoms with Crippen LogP contribution in [0.5, 0.6) is 0 Å². The van der Waals surface area contributed by atoms with Crippen molar-refractivity contribution in [2.75, 3.05) is 30.8 Å². The van der Waals surface area contributed by atoms with E-state index in [4.69, 9.17) is 38.4 Å². The van der Waals surface area contributed by atoms with Crippen molar-refractivity contribution in [3.8, 4) is 0 Å². The first kappa shape index (κ1) is 28.4. The number of hydrogen-bond acceptors (Lipinski definition) is 8. The van der Waals surface area contributed by atoms with Crippen molar-refractivity contribution in [1.82, 2.24) is 9.97 Å². The maximum Gasteiger partial charge on any atom is 0.223 e. The van der Waals surface area contributed by atoms with Gasteiger partial charge in [-0.05, 0) is 41.8 Å². The molecule has 0 unspecified atom stereocenters. The predicted molar refractivity (Wildman–Crippen MR) is 156 cm³/mol. The minimum Gasteiger partial charge on any atom is -0.376 e. The lowest BCUT2D eigenvalue weighted by molar-refractivity contribution is 0.0252. The Bertz CT molecular complexity index is 1280. The fourth-order valence-electron chi connectivity index (χ4n) is 3.72. The van der Waals surface area contributed by atoms with Crippen molar-refractivity contribution in [1.29, 1.82) is 0 Å². The van der Waals surface area contributed by atoms with Gasteiger partial charge < -0.3 is 20.5 Å². The van der Waals surface area contributed by atoms with Crippen LogP contribution in [0.1, 0.15) is 17.5 Å². The molecule has 39 heavy (non-hydrogen) atoms. The number of nitrogens with two attached hydrogens (primary N) is 1. The molecule has 1 heterocycles. The molecular weight excluding hydrogens is 535 g/mol. The second kappa shape index (κ2) is 15.1. The second-order valence-corrected chi connectivity index (χ2v) is 9.62. The number of benzene rings is 3. The van der Waals surface area contributed by atoms with Gasteiger partial charge >= 0.3 is 0 Å². The fraction of sp³-hybridized carbons (Fsp3) is 0.241. The van der Waals surface area contributed by atoms with Gasteiger partial charge in [0.05, 0.1) is 32.1 Å². The van der Waals surface area contributed by atoms with Gasteiger partial charge in [0.2, 0.25) is 5.95 Å². The molecule has 10 heteroatoms. The van der Waals surface area contributed by atoms with Crippen molar-refractivity contribution in [3.63, 3.8) is 0 Å². The summed E-state index contributed by atoms with van der Waals surface area (Å²) in [5.74, 6) is 0.583. The standard InChI is InChI=1S/C29H30Cl2N6O2/c30-24-11-13-25(14-12-24)36-37-26-27(31)34-29(32)35-28(26)33-16-15-23(19-38-17-21-7-3-1-4-8-21)20-39-18-22-9-5-2-6-10-22/h1-14,23H,15-20H2,(H3,32,33,34,35). The van der Waals surface area contributed by atoms with E-state index < -0.39 is 0 Å². The summed E-state index contributed by atoms with van der Waals surface area (Å²) in [5.41, 5.74) is 9.02. The van der Waals surface area contributed by atoms with Crippen molar-refractivity contribution in [2.45, 2.75) is 19.6 Å². The zero-order valence-corrected chi connectivity index (χ0v) is 22.9. The number of anilines is 2. The third-order valence-corrected chi connectivity index (χ3v) is 6.24. The summed E-state index contributed by atoms with van der Waals surface area (Å²) in [4.78, 5) is 8.31. The van der Waals surface area contributed by atoms with Crippen LogP contribution in [0.15, 0.2) is 95.2 Å². The highest BCUT2D eigenvalue weighted by Gasteiger charge is 2.15. The molecule has 202 valence electrons. The topological polar surface area (TPSA) is 107 Å². The Kier molecular flexibility index (Phi) is 11.0. The average Bonchev–Trinajstić information content (AvgIpc) is 2.94. The Labute approximate surface area is 238 Å². The van der Waals surface area contributed by atoms with E-state index in [0.29, 0.717) is 55.2 Å². The highest BCUT2D eigenvalue weighted by molar-refractivity contribution is 6.32. The summed E-state index contributed by atoms with van der Waals surface area (Å²) in [6.07, 6.45) is 0.749. The molecule has 0 radical (unpaired) electrons. The van der Waals surface area contributed by atoms with Crippen LogP contribution < -0.4 is 11.1 Å². The highest BCUT2D eigenvalue weighted by Crippen LogP contribution is 2.33. The van der Waals surface area contributed by atoms with Crippen LogP contribution in [0.4, 0.5) is 23.1 Å². The van der Waals surface area contributed by atoms with Crippen molar-refractivity contribution in [3.05, 3.63) is 106 Å². The maximum atomic E-state index is 6.34. The Morgan fingerprint density at radius 1 is 0.769 bits per heavy atom. The number of nitrogens with zero attached hydrogens (tertiary/aromatic N) is 4. The third-order valence-electron chi connectivity index (χ3n) is 5.73. The number of halogens is 2. The van der Waals surface area contributed by atoms with E-state index in [1.807, 2.05) is 60.7 Å². The molecule has 3 N–H and O–H groups in total. The van der Waals surface area contributed by atoms with E-state index in [2.05, 4.69) is 25.5 Å². The van der Waals surface area contributed by atoms with Gasteiger partial charge in [0.15, 0.2) is 16.7 Å². The van der Waals surface area contributed by atoms with E-state index in [1.165, 1.54) is 0 Å². The smallest absolute Gasteiger partial charge is 0.223 e. The molecule has 0 aliphatic rings. The number of ether oxygens (including phenoxy) is 2. The minimum absolute atomic E-state index is 0.0434. The summed E-state index contributed by atoms with van der Waals surface area (Å²) in [6, 6.07) is 27.2. The monoisotopic (exact) mass is 564 g/mol. The fourth-order valence-corrected chi connectivity index (χ4v) is 4.06. The molecule has 0 fully saturated rings. The average molecular weight is 566 g/mol. The molecule has 0 aliphatic heterocycles. The summed E-state index contributed by atoms with van der Waals surface area (Å²) >= 11 is 12.3. The van der Waals surface area contributed by atoms with Gasteiger partial charge in [0, 0.05) is 17.5 Å². The van der Waals surface area contributed by atoms with Crippen molar-refractivity contribution >= 4 is 46.3 Å². The molecule has 0 saturated heterocycles. The van der Waals surface area contributed by atoms with Crippen LogP contribution in [-0.2, 0) is 22.7 Å². The van der Waals surface area contributed by atoms with E-state index in [0.717, 1.165) is 17.5 Å². The van der Waals surface area contributed by atoms with Crippen LogP contribution >= 0.6 is 23.2 Å². The van der Waals surface area contributed by atoms with Gasteiger partial charge in [-0.15, -0.1) is 5.11 Å². The molecule has 0 atom stereocenters. The summed E-state index contributed by atoms with van der Waals surface area (Å²) in [6.45, 7) is 2.72. The molecule has 0 saturated carbocycles. The molecule has 8 nitrogen and oxygen atoms in total. The highest BCUT2D eigenvalue weighted by atomic mass is 35.5. The number of nitrogens with one attached hydrogen (secondary N) is 1. The van der Waals surface area contributed by atoms with Crippen LogP contribution in [0, 0.1) is 5.92 Å². The van der Waals surface area contributed by atoms with Crippen LogP contribution in [-0.4, -0.2) is 29.7 Å². The minimum atomic E-state index is 0.0434. The normalized spacial score (nSPS) is 11.4. The second-order valence-electron chi connectivity index (χ2n) is 8.83. The van der Waals surface area contributed by atoms with Gasteiger partial charge in [0.25, 0.3) is 0 Å². The molecule has 0 bridgehead atoms. The number of nitrogen functional groups attached to an aromatic ring is 1. The SMILES string of the molecule is Nc1nc(Cl)c(N=Nc2ccc(Cl)cc2)c(NCCC(COCc2ccccc2)COCc2ccccc2)n1. The van der Waals surface area contributed by atoms with Gasteiger partial charge in [-0.3, -0.25) is 0 Å². The van der Waals surface area contributed by atoms with Crippen LogP contribution in [0.2, 0.25) is 10.2 Å². The Morgan fingerprint density at radius 2 is 1.36 bits per heavy atom.